The Morgan fingerprint density at radius 2 is 1.46 bits per heavy atom. The van der Waals surface area contributed by atoms with Gasteiger partial charge in [0, 0.05) is 10.6 Å². The van der Waals surface area contributed by atoms with Crippen molar-refractivity contribution in [1.29, 1.82) is 0 Å². The van der Waals surface area contributed by atoms with Gasteiger partial charge in [0.15, 0.2) is 0 Å². The first-order valence-electron chi connectivity index (χ1n) is 6.66. The van der Waals surface area contributed by atoms with E-state index in [9.17, 15) is 14.4 Å². The first-order chi connectivity index (χ1) is 11.4. The number of carbonyl (C=O) groups excluding carboxylic acids is 3. The number of esters is 1. The summed E-state index contributed by atoms with van der Waals surface area (Å²) in [5, 5.41) is 0.558. The molecule has 0 atom stereocenters. The minimum absolute atomic E-state index is 0.164. The van der Waals surface area contributed by atoms with Crippen LogP contribution in [0.4, 0.5) is 0 Å². The Labute approximate surface area is 147 Å². The summed E-state index contributed by atoms with van der Waals surface area (Å²) in [4.78, 5) is 35.3. The van der Waals surface area contributed by atoms with Gasteiger partial charge in [0.1, 0.15) is 0 Å². The van der Waals surface area contributed by atoms with Crippen LogP contribution in [0.1, 0.15) is 31.1 Å². The summed E-state index contributed by atoms with van der Waals surface area (Å²) in [6.07, 6.45) is 0. The molecular formula is C16H12Cl2N2O4. The Balaban J connectivity index is 1.99. The largest absolute Gasteiger partial charge is 0.465 e. The molecule has 2 amide bonds. The van der Waals surface area contributed by atoms with Crippen molar-refractivity contribution in [2.45, 2.75) is 0 Å². The highest BCUT2D eigenvalue weighted by atomic mass is 35.5. The lowest BCUT2D eigenvalue weighted by Gasteiger charge is -2.09. The van der Waals surface area contributed by atoms with E-state index in [1.165, 1.54) is 49.6 Å². The number of methoxy groups -OCH3 is 1. The van der Waals surface area contributed by atoms with E-state index in [4.69, 9.17) is 23.2 Å². The van der Waals surface area contributed by atoms with Crippen LogP contribution >= 0.6 is 23.2 Å². The van der Waals surface area contributed by atoms with Crippen LogP contribution in [-0.4, -0.2) is 24.9 Å². The molecule has 2 rings (SSSR count). The van der Waals surface area contributed by atoms with Gasteiger partial charge in [0.05, 0.1) is 23.3 Å². The van der Waals surface area contributed by atoms with Crippen LogP contribution < -0.4 is 10.9 Å². The molecule has 0 saturated carbocycles. The van der Waals surface area contributed by atoms with E-state index >= 15 is 0 Å². The summed E-state index contributed by atoms with van der Waals surface area (Å²) in [7, 11) is 1.26. The molecule has 2 N–H and O–H groups in total. The van der Waals surface area contributed by atoms with Gasteiger partial charge in [-0.2, -0.15) is 0 Å². The molecule has 0 aliphatic rings. The molecule has 124 valence electrons. The van der Waals surface area contributed by atoms with Crippen LogP contribution in [0.2, 0.25) is 10.0 Å². The zero-order valence-corrected chi connectivity index (χ0v) is 13.9. The molecule has 0 unspecified atom stereocenters. The van der Waals surface area contributed by atoms with E-state index in [1.54, 1.807) is 0 Å². The first kappa shape index (κ1) is 17.8. The maximum absolute atomic E-state index is 12.0. The van der Waals surface area contributed by atoms with Gasteiger partial charge in [-0.05, 0) is 42.5 Å². The number of carbonyl (C=O) groups is 3. The van der Waals surface area contributed by atoms with Crippen molar-refractivity contribution in [2.24, 2.45) is 0 Å². The monoisotopic (exact) mass is 366 g/mol. The van der Waals surface area contributed by atoms with E-state index in [-0.39, 0.29) is 16.1 Å². The van der Waals surface area contributed by atoms with E-state index < -0.39 is 17.8 Å². The molecule has 0 spiro atoms. The number of amides is 2. The Bertz CT molecular complexity index is 791. The van der Waals surface area contributed by atoms with Crippen LogP contribution in [0.3, 0.4) is 0 Å². The number of hydrogen-bond acceptors (Lipinski definition) is 4. The lowest BCUT2D eigenvalue weighted by atomic mass is 10.1. The maximum atomic E-state index is 12.0. The van der Waals surface area contributed by atoms with E-state index in [0.717, 1.165) is 0 Å². The van der Waals surface area contributed by atoms with Crippen molar-refractivity contribution in [1.82, 2.24) is 10.9 Å². The summed E-state index contributed by atoms with van der Waals surface area (Å²) in [5.74, 6) is -1.64. The highest BCUT2D eigenvalue weighted by Gasteiger charge is 2.13. The summed E-state index contributed by atoms with van der Waals surface area (Å²) >= 11 is 11.7. The first-order valence-corrected chi connectivity index (χ1v) is 7.42. The average Bonchev–Trinajstić information content (AvgIpc) is 2.58. The average molecular weight is 367 g/mol. The molecule has 0 bridgehead atoms. The summed E-state index contributed by atoms with van der Waals surface area (Å²) in [5.41, 5.74) is 5.24. The summed E-state index contributed by atoms with van der Waals surface area (Å²) in [6.45, 7) is 0. The standard InChI is InChI=1S/C16H12Cl2N2O4/c1-24-16(23)10-4-2-9(3-5-10)14(21)19-20-15(22)12-7-6-11(17)8-13(12)18/h2-8H,1H3,(H,19,21)(H,20,22). The molecule has 0 fully saturated rings. The predicted octanol–water partition coefficient (Wildman–Crippen LogP) is 2.85. The van der Waals surface area contributed by atoms with Gasteiger partial charge in [-0.15, -0.1) is 0 Å². The van der Waals surface area contributed by atoms with Gasteiger partial charge in [-0.25, -0.2) is 4.79 Å². The fourth-order valence-corrected chi connectivity index (χ4v) is 2.30. The molecule has 0 aliphatic heterocycles. The molecule has 0 saturated heterocycles. The summed E-state index contributed by atoms with van der Waals surface area (Å²) in [6, 6.07) is 10.1. The fraction of sp³-hybridized carbons (Fsp3) is 0.0625. The molecule has 24 heavy (non-hydrogen) atoms. The number of ether oxygens (including phenoxy) is 1. The van der Waals surface area contributed by atoms with Gasteiger partial charge < -0.3 is 4.74 Å². The van der Waals surface area contributed by atoms with Crippen LogP contribution in [0.25, 0.3) is 0 Å². The Kier molecular flexibility index (Phi) is 5.78. The fourth-order valence-electron chi connectivity index (χ4n) is 1.80. The second-order valence-corrected chi connectivity index (χ2v) is 5.44. The van der Waals surface area contributed by atoms with E-state index in [1.807, 2.05) is 0 Å². The molecule has 0 aromatic heterocycles. The maximum Gasteiger partial charge on any atom is 0.337 e. The van der Waals surface area contributed by atoms with Crippen LogP contribution in [0.5, 0.6) is 0 Å². The SMILES string of the molecule is COC(=O)c1ccc(C(=O)NNC(=O)c2ccc(Cl)cc2Cl)cc1. The van der Waals surface area contributed by atoms with Crippen LogP contribution in [0.15, 0.2) is 42.5 Å². The van der Waals surface area contributed by atoms with Gasteiger partial charge in [-0.1, -0.05) is 23.2 Å². The Hall–Kier alpha value is -2.57. The number of halogens is 2. The van der Waals surface area contributed by atoms with E-state index in [2.05, 4.69) is 15.6 Å². The highest BCUT2D eigenvalue weighted by molar-refractivity contribution is 6.36. The second kappa shape index (κ2) is 7.81. The second-order valence-electron chi connectivity index (χ2n) is 4.60. The number of rotatable bonds is 3. The summed E-state index contributed by atoms with van der Waals surface area (Å²) < 4.78 is 4.57. The molecule has 8 heteroatoms. The van der Waals surface area contributed by atoms with Crippen LogP contribution in [0, 0.1) is 0 Å². The Morgan fingerprint density at radius 3 is 2.04 bits per heavy atom. The number of hydrazine groups is 1. The van der Waals surface area contributed by atoms with Crippen LogP contribution in [-0.2, 0) is 4.74 Å². The minimum atomic E-state index is -0.587. The zero-order valence-electron chi connectivity index (χ0n) is 12.4. The lowest BCUT2D eigenvalue weighted by Crippen LogP contribution is -2.41. The molecule has 0 aliphatic carbocycles. The Morgan fingerprint density at radius 1 is 0.875 bits per heavy atom. The van der Waals surface area contributed by atoms with Gasteiger partial charge in [-0.3, -0.25) is 20.4 Å². The minimum Gasteiger partial charge on any atom is -0.465 e. The van der Waals surface area contributed by atoms with Gasteiger partial charge >= 0.3 is 5.97 Å². The number of nitrogens with one attached hydrogen (secondary N) is 2. The topological polar surface area (TPSA) is 84.5 Å². The van der Waals surface area contributed by atoms with Crippen molar-refractivity contribution in [3.63, 3.8) is 0 Å². The number of hydrogen-bond donors (Lipinski definition) is 2. The van der Waals surface area contributed by atoms with Crippen molar-refractivity contribution in [3.05, 3.63) is 69.2 Å². The highest BCUT2D eigenvalue weighted by Crippen LogP contribution is 2.20. The lowest BCUT2D eigenvalue weighted by molar-refractivity contribution is 0.0600. The van der Waals surface area contributed by atoms with Crippen molar-refractivity contribution >= 4 is 41.0 Å². The molecule has 0 heterocycles. The molecule has 0 radical (unpaired) electrons. The molecule has 2 aromatic rings. The third-order valence-corrected chi connectivity index (χ3v) is 3.58. The van der Waals surface area contributed by atoms with Crippen molar-refractivity contribution in [2.75, 3.05) is 7.11 Å². The normalized spacial score (nSPS) is 9.96. The van der Waals surface area contributed by atoms with Crippen molar-refractivity contribution in [3.8, 4) is 0 Å². The van der Waals surface area contributed by atoms with Crippen molar-refractivity contribution < 1.29 is 19.1 Å². The number of benzene rings is 2. The third-order valence-electron chi connectivity index (χ3n) is 3.03. The van der Waals surface area contributed by atoms with Gasteiger partial charge in [0.2, 0.25) is 0 Å². The predicted molar refractivity (Wildman–Crippen MR) is 89.2 cm³/mol. The quantitative estimate of drug-likeness (QED) is 0.646. The zero-order chi connectivity index (χ0) is 17.7. The molecule has 2 aromatic carbocycles. The van der Waals surface area contributed by atoms with Gasteiger partial charge in [0.25, 0.3) is 11.8 Å². The molecule has 6 nitrogen and oxygen atoms in total. The van der Waals surface area contributed by atoms with E-state index in [0.29, 0.717) is 10.6 Å². The molecular weight excluding hydrogens is 355 g/mol. The third kappa shape index (κ3) is 4.24. The smallest absolute Gasteiger partial charge is 0.337 e.